The first-order valence-corrected chi connectivity index (χ1v) is 6.83. The molecule has 2 aliphatic rings. The molecule has 5 heteroatoms. The van der Waals surface area contributed by atoms with Crippen LogP contribution in [0.5, 0.6) is 0 Å². The van der Waals surface area contributed by atoms with Gasteiger partial charge in [-0.2, -0.15) is 5.10 Å². The lowest BCUT2D eigenvalue weighted by atomic mass is 10.1. The topological polar surface area (TPSA) is 33.1 Å². The summed E-state index contributed by atoms with van der Waals surface area (Å²) in [6.07, 6.45) is 8.23. The van der Waals surface area contributed by atoms with Crippen molar-refractivity contribution < 1.29 is 0 Å². The largest absolute Gasteiger partial charge is 0.310 e. The molecule has 102 valence electrons. The van der Waals surface area contributed by atoms with Gasteiger partial charge in [0.05, 0.1) is 6.20 Å². The number of hydrogen-bond donors (Lipinski definition) is 1. The zero-order valence-corrected chi connectivity index (χ0v) is 11.8. The molecule has 0 aliphatic carbocycles. The van der Waals surface area contributed by atoms with E-state index in [0.717, 1.165) is 25.2 Å². The second-order valence-electron chi connectivity index (χ2n) is 5.37. The van der Waals surface area contributed by atoms with Crippen LogP contribution in [0.3, 0.4) is 0 Å². The Morgan fingerprint density at radius 1 is 1.33 bits per heavy atom. The second kappa shape index (κ2) is 6.04. The number of halogens is 1. The monoisotopic (exact) mass is 270 g/mol. The first-order valence-electron chi connectivity index (χ1n) is 6.83. The predicted octanol–water partition coefficient (Wildman–Crippen LogP) is 1.65. The van der Waals surface area contributed by atoms with E-state index >= 15 is 0 Å². The van der Waals surface area contributed by atoms with Crippen LogP contribution in [0.4, 0.5) is 0 Å². The van der Waals surface area contributed by atoms with Gasteiger partial charge in [0.1, 0.15) is 0 Å². The summed E-state index contributed by atoms with van der Waals surface area (Å²) in [4.78, 5) is 2.58. The van der Waals surface area contributed by atoms with Crippen LogP contribution in [0.25, 0.3) is 0 Å². The minimum Gasteiger partial charge on any atom is -0.310 e. The van der Waals surface area contributed by atoms with E-state index < -0.39 is 0 Å². The summed E-state index contributed by atoms with van der Waals surface area (Å²) < 4.78 is 2.01. The summed E-state index contributed by atoms with van der Waals surface area (Å²) >= 11 is 0. The van der Waals surface area contributed by atoms with Gasteiger partial charge in [-0.25, -0.2) is 0 Å². The maximum absolute atomic E-state index is 4.35. The Morgan fingerprint density at radius 2 is 2.17 bits per heavy atom. The van der Waals surface area contributed by atoms with Crippen molar-refractivity contribution in [1.29, 1.82) is 0 Å². The molecule has 0 saturated carbocycles. The Bertz CT molecular complexity index is 379. The van der Waals surface area contributed by atoms with Gasteiger partial charge in [-0.3, -0.25) is 9.58 Å². The number of likely N-dealkylation sites (tertiary alicyclic amines) is 1. The minimum absolute atomic E-state index is 0. The van der Waals surface area contributed by atoms with E-state index in [2.05, 4.69) is 28.4 Å². The molecule has 4 nitrogen and oxygen atoms in total. The SMILES string of the molecule is CCn1cc(CN2CCC3CCC(C2)N3)cn1.Cl. The summed E-state index contributed by atoms with van der Waals surface area (Å²) in [5.41, 5.74) is 1.35. The highest BCUT2D eigenvalue weighted by atomic mass is 35.5. The fourth-order valence-electron chi connectivity index (χ4n) is 3.08. The average Bonchev–Trinajstić information content (AvgIpc) is 2.89. The van der Waals surface area contributed by atoms with E-state index in [9.17, 15) is 0 Å². The number of aromatic nitrogens is 2. The molecule has 2 unspecified atom stereocenters. The molecule has 2 aliphatic heterocycles. The number of rotatable bonds is 3. The fraction of sp³-hybridized carbons (Fsp3) is 0.769. The number of fused-ring (bicyclic) bond motifs is 2. The molecule has 1 aromatic rings. The van der Waals surface area contributed by atoms with Crippen molar-refractivity contribution in [2.75, 3.05) is 13.1 Å². The quantitative estimate of drug-likeness (QED) is 0.907. The van der Waals surface area contributed by atoms with Crippen LogP contribution >= 0.6 is 12.4 Å². The molecule has 0 radical (unpaired) electrons. The van der Waals surface area contributed by atoms with Gasteiger partial charge < -0.3 is 5.32 Å². The summed E-state index contributed by atoms with van der Waals surface area (Å²) in [7, 11) is 0. The molecule has 2 saturated heterocycles. The van der Waals surface area contributed by atoms with Gasteiger partial charge in [0, 0.05) is 50.0 Å². The Labute approximate surface area is 115 Å². The lowest BCUT2D eigenvalue weighted by Gasteiger charge is -2.23. The van der Waals surface area contributed by atoms with Crippen LogP contribution in [0.2, 0.25) is 0 Å². The number of nitrogens with one attached hydrogen (secondary N) is 1. The molecule has 0 aromatic carbocycles. The van der Waals surface area contributed by atoms with Gasteiger partial charge in [0.25, 0.3) is 0 Å². The van der Waals surface area contributed by atoms with Gasteiger partial charge in [0.15, 0.2) is 0 Å². The maximum atomic E-state index is 4.35. The third-order valence-corrected chi connectivity index (χ3v) is 4.02. The third-order valence-electron chi connectivity index (χ3n) is 4.02. The minimum atomic E-state index is 0. The molecule has 2 bridgehead atoms. The molecule has 1 aromatic heterocycles. The first kappa shape index (κ1) is 13.8. The molecule has 0 amide bonds. The highest BCUT2D eigenvalue weighted by molar-refractivity contribution is 5.85. The second-order valence-corrected chi connectivity index (χ2v) is 5.37. The Hall–Kier alpha value is -0.580. The maximum Gasteiger partial charge on any atom is 0.0534 e. The van der Waals surface area contributed by atoms with Crippen molar-refractivity contribution in [1.82, 2.24) is 20.0 Å². The van der Waals surface area contributed by atoms with E-state index in [4.69, 9.17) is 0 Å². The number of aryl methyl sites for hydroxylation is 1. The summed E-state index contributed by atoms with van der Waals surface area (Å²) in [6.45, 7) is 6.59. The first-order chi connectivity index (χ1) is 8.33. The van der Waals surface area contributed by atoms with E-state index in [1.807, 2.05) is 10.9 Å². The van der Waals surface area contributed by atoms with Gasteiger partial charge in [-0.15, -0.1) is 12.4 Å². The molecular weight excluding hydrogens is 248 g/mol. The van der Waals surface area contributed by atoms with E-state index in [1.54, 1.807) is 0 Å². The van der Waals surface area contributed by atoms with Crippen molar-refractivity contribution in [3.8, 4) is 0 Å². The molecule has 3 heterocycles. The molecule has 2 fully saturated rings. The van der Waals surface area contributed by atoms with Crippen molar-refractivity contribution in [3.63, 3.8) is 0 Å². The Morgan fingerprint density at radius 3 is 2.94 bits per heavy atom. The Kier molecular flexibility index (Phi) is 4.65. The van der Waals surface area contributed by atoms with Crippen LogP contribution in [0.1, 0.15) is 31.7 Å². The summed E-state index contributed by atoms with van der Waals surface area (Å²) in [6, 6.07) is 1.51. The fourth-order valence-corrected chi connectivity index (χ4v) is 3.08. The van der Waals surface area contributed by atoms with Crippen molar-refractivity contribution >= 4 is 12.4 Å². The lowest BCUT2D eigenvalue weighted by Crippen LogP contribution is -2.34. The van der Waals surface area contributed by atoms with Crippen LogP contribution in [-0.2, 0) is 13.1 Å². The van der Waals surface area contributed by atoms with Crippen LogP contribution < -0.4 is 5.32 Å². The highest BCUT2D eigenvalue weighted by Gasteiger charge is 2.29. The smallest absolute Gasteiger partial charge is 0.0534 e. The summed E-state index contributed by atoms with van der Waals surface area (Å²) in [5.74, 6) is 0. The van der Waals surface area contributed by atoms with E-state index in [1.165, 1.54) is 37.9 Å². The molecule has 0 spiro atoms. The van der Waals surface area contributed by atoms with Gasteiger partial charge >= 0.3 is 0 Å². The van der Waals surface area contributed by atoms with Gasteiger partial charge in [-0.05, 0) is 26.2 Å². The van der Waals surface area contributed by atoms with Crippen LogP contribution in [0.15, 0.2) is 12.4 Å². The van der Waals surface area contributed by atoms with Gasteiger partial charge in [-0.1, -0.05) is 0 Å². The van der Waals surface area contributed by atoms with E-state index in [0.29, 0.717) is 0 Å². The zero-order chi connectivity index (χ0) is 11.7. The number of hydrogen-bond acceptors (Lipinski definition) is 3. The number of nitrogens with zero attached hydrogens (tertiary/aromatic N) is 3. The highest BCUT2D eigenvalue weighted by Crippen LogP contribution is 2.21. The van der Waals surface area contributed by atoms with Crippen molar-refractivity contribution in [2.45, 2.75) is 51.4 Å². The van der Waals surface area contributed by atoms with Crippen LogP contribution in [-0.4, -0.2) is 39.9 Å². The molecule has 3 rings (SSSR count). The molecular formula is C13H23ClN4. The van der Waals surface area contributed by atoms with Crippen molar-refractivity contribution in [3.05, 3.63) is 18.0 Å². The van der Waals surface area contributed by atoms with Crippen molar-refractivity contribution in [2.24, 2.45) is 0 Å². The van der Waals surface area contributed by atoms with E-state index in [-0.39, 0.29) is 12.4 Å². The average molecular weight is 271 g/mol. The van der Waals surface area contributed by atoms with Crippen LogP contribution in [0, 0.1) is 0 Å². The summed E-state index contributed by atoms with van der Waals surface area (Å²) in [5, 5.41) is 8.07. The molecule has 18 heavy (non-hydrogen) atoms. The standard InChI is InChI=1S/C13H22N4.ClH/c1-2-17-9-11(7-14-17)8-16-6-5-12-3-4-13(10-16)15-12;/h7,9,12-13,15H,2-6,8,10H2,1H3;1H. The Balaban J connectivity index is 0.00000120. The predicted molar refractivity (Wildman–Crippen MR) is 75.0 cm³/mol. The third kappa shape index (κ3) is 3.05. The lowest BCUT2D eigenvalue weighted by molar-refractivity contribution is 0.251. The van der Waals surface area contributed by atoms with Gasteiger partial charge in [0.2, 0.25) is 0 Å². The molecule has 1 N–H and O–H groups in total. The zero-order valence-electron chi connectivity index (χ0n) is 11.0. The molecule has 2 atom stereocenters. The normalized spacial score (nSPS) is 27.8.